The van der Waals surface area contributed by atoms with Crippen LogP contribution in [0, 0.1) is 0 Å². The third-order valence-corrected chi connectivity index (χ3v) is 1.76. The van der Waals surface area contributed by atoms with Crippen molar-refractivity contribution in [1.82, 2.24) is 0 Å². The third kappa shape index (κ3) is 7.31. The molecule has 0 bridgehead atoms. The van der Waals surface area contributed by atoms with E-state index in [1.54, 1.807) is 0 Å². The van der Waals surface area contributed by atoms with Gasteiger partial charge in [-0.05, 0) is 31.4 Å². The van der Waals surface area contributed by atoms with Gasteiger partial charge in [-0.15, -0.1) is 0 Å². The van der Waals surface area contributed by atoms with Crippen LogP contribution >= 0.6 is 0 Å². The Morgan fingerprint density at radius 1 is 1.21 bits per heavy atom. The Hall–Kier alpha value is -1.35. The Bertz CT molecular complexity index is 224. The molecule has 0 radical (unpaired) electrons. The Morgan fingerprint density at radius 3 is 2.29 bits per heavy atom. The SMILES string of the molecule is NCCCCc1ccccc1.O=CO. The summed E-state index contributed by atoms with van der Waals surface area (Å²) in [5.41, 5.74) is 6.81. The molecular weight excluding hydrogens is 178 g/mol. The van der Waals surface area contributed by atoms with Crippen LogP contribution in [0.15, 0.2) is 30.3 Å². The molecule has 0 aromatic heterocycles. The summed E-state index contributed by atoms with van der Waals surface area (Å²) in [6.45, 7) is 0.562. The van der Waals surface area contributed by atoms with Gasteiger partial charge in [-0.2, -0.15) is 0 Å². The molecule has 3 N–H and O–H groups in total. The molecule has 0 spiro atoms. The van der Waals surface area contributed by atoms with Crippen LogP contribution in [-0.4, -0.2) is 18.1 Å². The smallest absolute Gasteiger partial charge is 0.290 e. The summed E-state index contributed by atoms with van der Waals surface area (Å²) in [4.78, 5) is 8.36. The fraction of sp³-hybridized carbons (Fsp3) is 0.364. The summed E-state index contributed by atoms with van der Waals surface area (Å²) in [6, 6.07) is 10.5. The fourth-order valence-electron chi connectivity index (χ4n) is 1.12. The normalized spacial score (nSPS) is 8.64. The molecule has 14 heavy (non-hydrogen) atoms. The first-order valence-electron chi connectivity index (χ1n) is 4.67. The second-order valence-electron chi connectivity index (χ2n) is 2.84. The lowest BCUT2D eigenvalue weighted by Gasteiger charge is -1.98. The van der Waals surface area contributed by atoms with Crippen molar-refractivity contribution in [2.75, 3.05) is 6.54 Å². The molecule has 0 heterocycles. The minimum Gasteiger partial charge on any atom is -0.483 e. The number of carboxylic acid groups (broad SMARTS) is 1. The number of benzene rings is 1. The van der Waals surface area contributed by atoms with Gasteiger partial charge >= 0.3 is 0 Å². The van der Waals surface area contributed by atoms with Crippen LogP contribution in [0.1, 0.15) is 18.4 Å². The molecule has 3 heteroatoms. The maximum Gasteiger partial charge on any atom is 0.290 e. The highest BCUT2D eigenvalue weighted by atomic mass is 16.3. The van der Waals surface area contributed by atoms with Gasteiger partial charge in [-0.1, -0.05) is 30.3 Å². The van der Waals surface area contributed by atoms with Crippen molar-refractivity contribution in [3.05, 3.63) is 35.9 Å². The van der Waals surface area contributed by atoms with E-state index in [1.165, 1.54) is 12.0 Å². The molecule has 0 aliphatic heterocycles. The lowest BCUT2D eigenvalue weighted by atomic mass is 10.1. The quantitative estimate of drug-likeness (QED) is 0.567. The van der Waals surface area contributed by atoms with Crippen molar-refractivity contribution in [1.29, 1.82) is 0 Å². The molecule has 78 valence electrons. The summed E-state index contributed by atoms with van der Waals surface area (Å²) < 4.78 is 0. The second kappa shape index (κ2) is 9.74. The molecule has 0 saturated heterocycles. The largest absolute Gasteiger partial charge is 0.483 e. The molecule has 0 unspecified atom stereocenters. The van der Waals surface area contributed by atoms with E-state index in [0.717, 1.165) is 19.4 Å². The third-order valence-electron chi connectivity index (χ3n) is 1.76. The van der Waals surface area contributed by atoms with E-state index in [1.807, 2.05) is 6.07 Å². The highest BCUT2D eigenvalue weighted by Crippen LogP contribution is 2.03. The van der Waals surface area contributed by atoms with Gasteiger partial charge in [0.15, 0.2) is 0 Å². The summed E-state index contributed by atoms with van der Waals surface area (Å²) >= 11 is 0. The Morgan fingerprint density at radius 2 is 1.79 bits per heavy atom. The van der Waals surface area contributed by atoms with Crippen molar-refractivity contribution in [2.45, 2.75) is 19.3 Å². The minimum absolute atomic E-state index is 0.250. The molecule has 0 fully saturated rings. The van der Waals surface area contributed by atoms with Gasteiger partial charge in [-0.25, -0.2) is 0 Å². The van der Waals surface area contributed by atoms with Crippen molar-refractivity contribution in [2.24, 2.45) is 5.73 Å². The van der Waals surface area contributed by atoms with E-state index < -0.39 is 0 Å². The monoisotopic (exact) mass is 195 g/mol. The van der Waals surface area contributed by atoms with Crippen molar-refractivity contribution >= 4 is 6.47 Å². The van der Waals surface area contributed by atoms with Crippen LogP contribution in [-0.2, 0) is 11.2 Å². The zero-order valence-corrected chi connectivity index (χ0v) is 8.23. The topological polar surface area (TPSA) is 63.3 Å². The molecular formula is C11H17NO2. The summed E-state index contributed by atoms with van der Waals surface area (Å²) in [5.74, 6) is 0. The number of hydrogen-bond donors (Lipinski definition) is 2. The number of hydrogen-bond acceptors (Lipinski definition) is 2. The first kappa shape index (κ1) is 12.7. The predicted molar refractivity (Wildman–Crippen MR) is 57.1 cm³/mol. The fourth-order valence-corrected chi connectivity index (χ4v) is 1.12. The zero-order valence-electron chi connectivity index (χ0n) is 8.23. The average Bonchev–Trinajstić information content (AvgIpc) is 2.21. The Labute approximate surface area is 84.6 Å². The van der Waals surface area contributed by atoms with Gasteiger partial charge in [0, 0.05) is 0 Å². The van der Waals surface area contributed by atoms with Crippen LogP contribution in [0.3, 0.4) is 0 Å². The van der Waals surface area contributed by atoms with Crippen molar-refractivity contribution in [3.8, 4) is 0 Å². The van der Waals surface area contributed by atoms with Crippen molar-refractivity contribution in [3.63, 3.8) is 0 Å². The van der Waals surface area contributed by atoms with Gasteiger partial charge in [-0.3, -0.25) is 4.79 Å². The number of carbonyl (C=O) groups is 1. The molecule has 1 aromatic rings. The van der Waals surface area contributed by atoms with E-state index >= 15 is 0 Å². The average molecular weight is 195 g/mol. The number of aryl methyl sites for hydroxylation is 1. The maximum absolute atomic E-state index is 8.36. The van der Waals surface area contributed by atoms with Gasteiger partial charge in [0.2, 0.25) is 0 Å². The molecule has 1 rings (SSSR count). The summed E-state index contributed by atoms with van der Waals surface area (Å²) in [7, 11) is 0. The molecule has 0 amide bonds. The maximum atomic E-state index is 8.36. The van der Waals surface area contributed by atoms with E-state index in [9.17, 15) is 0 Å². The van der Waals surface area contributed by atoms with E-state index in [2.05, 4.69) is 24.3 Å². The van der Waals surface area contributed by atoms with Crippen LogP contribution in [0.2, 0.25) is 0 Å². The zero-order chi connectivity index (χ0) is 10.6. The second-order valence-corrected chi connectivity index (χ2v) is 2.84. The highest BCUT2D eigenvalue weighted by Gasteiger charge is 1.89. The van der Waals surface area contributed by atoms with Gasteiger partial charge < -0.3 is 10.8 Å². The standard InChI is InChI=1S/C10H15N.CH2O2/c11-9-5-4-8-10-6-2-1-3-7-10;2-1-3/h1-3,6-7H,4-5,8-9,11H2;1H,(H,2,3). The number of nitrogens with two attached hydrogens (primary N) is 1. The van der Waals surface area contributed by atoms with E-state index in [4.69, 9.17) is 15.6 Å². The first-order valence-corrected chi connectivity index (χ1v) is 4.67. The molecule has 1 aromatic carbocycles. The number of unbranched alkanes of at least 4 members (excludes halogenated alkanes) is 1. The summed E-state index contributed by atoms with van der Waals surface area (Å²) in [6.07, 6.45) is 3.51. The molecule has 3 nitrogen and oxygen atoms in total. The predicted octanol–water partition coefficient (Wildman–Crippen LogP) is 1.67. The Kier molecular flexibility index (Phi) is 8.80. The molecule has 0 aliphatic rings. The van der Waals surface area contributed by atoms with E-state index in [0.29, 0.717) is 0 Å². The lowest BCUT2D eigenvalue weighted by Crippen LogP contribution is -1.98. The van der Waals surface area contributed by atoms with Gasteiger partial charge in [0.05, 0.1) is 0 Å². The van der Waals surface area contributed by atoms with E-state index in [-0.39, 0.29) is 6.47 Å². The van der Waals surface area contributed by atoms with Gasteiger partial charge in [0.25, 0.3) is 6.47 Å². The van der Waals surface area contributed by atoms with Crippen molar-refractivity contribution < 1.29 is 9.90 Å². The van der Waals surface area contributed by atoms with Crippen LogP contribution in [0.25, 0.3) is 0 Å². The summed E-state index contributed by atoms with van der Waals surface area (Å²) in [5, 5.41) is 6.89. The highest BCUT2D eigenvalue weighted by molar-refractivity contribution is 5.32. The van der Waals surface area contributed by atoms with Crippen LogP contribution < -0.4 is 5.73 Å². The van der Waals surface area contributed by atoms with Gasteiger partial charge in [0.1, 0.15) is 0 Å². The molecule has 0 atom stereocenters. The lowest BCUT2D eigenvalue weighted by molar-refractivity contribution is -0.122. The minimum atomic E-state index is -0.250. The van der Waals surface area contributed by atoms with Crippen LogP contribution in [0.5, 0.6) is 0 Å². The number of rotatable bonds is 4. The molecule has 0 saturated carbocycles. The Balaban J connectivity index is 0.000000500. The van der Waals surface area contributed by atoms with Crippen LogP contribution in [0.4, 0.5) is 0 Å². The molecule has 0 aliphatic carbocycles. The first-order chi connectivity index (χ1) is 6.85.